The molecule has 340 valence electrons. The summed E-state index contributed by atoms with van der Waals surface area (Å²) in [5, 5.41) is 0. The van der Waals surface area contributed by atoms with Crippen molar-refractivity contribution in [1.29, 1.82) is 0 Å². The van der Waals surface area contributed by atoms with Gasteiger partial charge in [-0.25, -0.2) is 26.3 Å². The summed E-state index contributed by atoms with van der Waals surface area (Å²) in [7, 11) is 0. The van der Waals surface area contributed by atoms with Crippen LogP contribution in [0, 0.1) is 29.1 Å². The zero-order valence-corrected chi connectivity index (χ0v) is 36.5. The maximum absolute atomic E-state index is 14.9. The molecule has 3 aromatic carbocycles. The van der Waals surface area contributed by atoms with Crippen LogP contribution in [0.1, 0.15) is 180 Å². The van der Waals surface area contributed by atoms with Crippen molar-refractivity contribution in [2.75, 3.05) is 19.8 Å². The lowest BCUT2D eigenvalue weighted by Crippen LogP contribution is -2.06. The Morgan fingerprint density at radius 2 is 0.750 bits per heavy atom. The molecule has 0 unspecified atom stereocenters. The van der Waals surface area contributed by atoms with E-state index in [0.29, 0.717) is 54.8 Å². The minimum absolute atomic E-state index is 0.277. The Bertz CT molecular complexity index is 1480. The lowest BCUT2D eigenvalue weighted by molar-refractivity contribution is -0.00711. The highest BCUT2D eigenvalue weighted by molar-refractivity contribution is 5.78. The number of alkyl halides is 1. The second-order valence-electron chi connectivity index (χ2n) is 15.6. The predicted octanol–water partition coefficient (Wildman–Crippen LogP) is 17.0. The van der Waals surface area contributed by atoms with Crippen LogP contribution in [-0.4, -0.2) is 19.8 Å². The summed E-state index contributed by atoms with van der Waals surface area (Å²) in [4.78, 5) is 2.98. The second kappa shape index (κ2) is 33.1. The van der Waals surface area contributed by atoms with Gasteiger partial charge < -0.3 is 14.2 Å². The molecule has 0 aliphatic rings. The molecule has 0 amide bonds. The molecule has 0 fully saturated rings. The number of rotatable bonds is 33. The summed E-state index contributed by atoms with van der Waals surface area (Å²) in [5.74, 6) is -5.55. The molecular weight excluding hydrogens is 786 g/mol. The third-order valence-corrected chi connectivity index (χ3v) is 10.4. The van der Waals surface area contributed by atoms with Crippen LogP contribution in [0.5, 0.6) is 23.0 Å². The summed E-state index contributed by atoms with van der Waals surface area (Å²) in [5.41, 5.74) is 0.206. The molecule has 0 atom stereocenters. The number of unbranched alkanes of at least 4 members (excludes halogenated alkanes) is 21. The average Bonchev–Trinajstić information content (AvgIpc) is 3.23. The Balaban J connectivity index is 0.000000970. The first kappa shape index (κ1) is 52.5. The molecule has 11 heteroatoms. The lowest BCUT2D eigenvalue weighted by atomic mass is 10.0. The topological polar surface area (TPSA) is 36.9 Å². The third-order valence-electron chi connectivity index (χ3n) is 10.4. The molecule has 0 N–H and O–H groups in total. The Labute approximate surface area is 355 Å². The van der Waals surface area contributed by atoms with E-state index in [1.165, 1.54) is 115 Å². The molecule has 0 bridgehead atoms. The van der Waals surface area contributed by atoms with Crippen LogP contribution >= 0.6 is 0 Å². The van der Waals surface area contributed by atoms with E-state index < -0.39 is 47.1 Å². The lowest BCUT2D eigenvalue weighted by Gasteiger charge is -2.20. The van der Waals surface area contributed by atoms with Gasteiger partial charge in [0.2, 0.25) is 0 Å². The van der Waals surface area contributed by atoms with E-state index in [4.69, 9.17) is 14.2 Å². The van der Waals surface area contributed by atoms with E-state index in [9.17, 15) is 30.9 Å². The standard InChI is InChI=1S/C43H69F3O3.C6H2F4O/c1-4-7-10-13-16-19-22-25-28-47-37-33-41(48-29-26-23-20-17-14-11-8-5-2)43(36-31-39(45)38(35-44)40(46)32-36)42(34-37)49-30-27-24-21-18-15-12-9-6-3;7-4-1-3(11-10)2-5(8)6(4)9/h31-34H,4-30,35H2,1-3H3;1-2H. The SMILES string of the molecule is CCCCCCCCCCOc1cc(OCCCCCCCCCC)c(-c2cc(F)c(CF)c(F)c2)c(OCCCCCCCCCC)c1.FOc1cc(F)c(F)c(F)c1. The highest BCUT2D eigenvalue weighted by atomic mass is 19.3. The first-order valence-corrected chi connectivity index (χ1v) is 22.7. The van der Waals surface area contributed by atoms with Gasteiger partial charge in [-0.2, -0.15) is 0 Å². The maximum atomic E-state index is 14.9. The maximum Gasteiger partial charge on any atom is 0.194 e. The Morgan fingerprint density at radius 1 is 0.400 bits per heavy atom. The van der Waals surface area contributed by atoms with Crippen molar-refractivity contribution in [2.45, 2.75) is 182 Å². The molecule has 0 aromatic heterocycles. The third kappa shape index (κ3) is 21.2. The fourth-order valence-corrected chi connectivity index (χ4v) is 6.88. The van der Waals surface area contributed by atoms with Gasteiger partial charge in [0.1, 0.15) is 35.6 Å². The molecular formula is C49H71F7O4. The minimum atomic E-state index is -1.65. The Hall–Kier alpha value is -3.63. The van der Waals surface area contributed by atoms with E-state index >= 15 is 0 Å². The monoisotopic (exact) mass is 857 g/mol. The van der Waals surface area contributed by atoms with Gasteiger partial charge in [-0.15, -0.1) is 0 Å². The molecule has 0 aliphatic heterocycles. The highest BCUT2D eigenvalue weighted by Crippen LogP contribution is 2.43. The van der Waals surface area contributed by atoms with E-state index in [0.717, 1.165) is 51.4 Å². The van der Waals surface area contributed by atoms with Gasteiger partial charge in [0.25, 0.3) is 0 Å². The van der Waals surface area contributed by atoms with Gasteiger partial charge in [-0.05, 0) is 37.0 Å². The number of ether oxygens (including phenoxy) is 3. The number of halogens is 7. The van der Waals surface area contributed by atoms with Crippen LogP contribution in [0.15, 0.2) is 36.4 Å². The number of hydrogen-bond acceptors (Lipinski definition) is 4. The van der Waals surface area contributed by atoms with Crippen molar-refractivity contribution >= 4 is 0 Å². The summed E-state index contributed by atoms with van der Waals surface area (Å²) < 4.78 is 110. The largest absolute Gasteiger partial charge is 0.493 e. The van der Waals surface area contributed by atoms with Crippen molar-refractivity contribution in [3.05, 3.63) is 71.0 Å². The number of hydrogen-bond donors (Lipinski definition) is 0. The van der Waals surface area contributed by atoms with Crippen molar-refractivity contribution in [2.24, 2.45) is 0 Å². The quantitative estimate of drug-likeness (QED) is 0.0347. The molecule has 3 rings (SSSR count). The molecule has 0 saturated carbocycles. The van der Waals surface area contributed by atoms with Crippen LogP contribution in [-0.2, 0) is 6.67 Å². The van der Waals surface area contributed by atoms with Gasteiger partial charge in [-0.3, -0.25) is 4.94 Å². The molecule has 60 heavy (non-hydrogen) atoms. The summed E-state index contributed by atoms with van der Waals surface area (Å²) in [6.45, 7) is 7.04. The van der Waals surface area contributed by atoms with Gasteiger partial charge in [0.05, 0.1) is 30.9 Å². The van der Waals surface area contributed by atoms with Crippen LogP contribution in [0.2, 0.25) is 0 Å². The summed E-state index contributed by atoms with van der Waals surface area (Å²) in [6, 6.07) is 6.85. The van der Waals surface area contributed by atoms with E-state index in [1.54, 1.807) is 0 Å². The van der Waals surface area contributed by atoms with E-state index in [-0.39, 0.29) is 5.56 Å². The van der Waals surface area contributed by atoms with Crippen LogP contribution in [0.3, 0.4) is 0 Å². The van der Waals surface area contributed by atoms with Gasteiger partial charge in [0.15, 0.2) is 23.2 Å². The first-order chi connectivity index (χ1) is 29.2. The zero-order chi connectivity index (χ0) is 43.8. The molecule has 0 saturated heterocycles. The number of benzene rings is 3. The molecule has 0 radical (unpaired) electrons. The average molecular weight is 857 g/mol. The summed E-state index contributed by atoms with van der Waals surface area (Å²) in [6.07, 6.45) is 28.6. The molecule has 0 spiro atoms. The Kier molecular flexibility index (Phi) is 28.9. The van der Waals surface area contributed by atoms with Crippen molar-refractivity contribution in [1.82, 2.24) is 0 Å². The fraction of sp³-hybridized carbons (Fsp3) is 0.633. The fourth-order valence-electron chi connectivity index (χ4n) is 6.88. The van der Waals surface area contributed by atoms with Crippen LogP contribution in [0.4, 0.5) is 30.9 Å². The van der Waals surface area contributed by atoms with E-state index in [2.05, 4.69) is 25.7 Å². The first-order valence-electron chi connectivity index (χ1n) is 22.7. The van der Waals surface area contributed by atoms with Crippen molar-refractivity contribution < 1.29 is 50.0 Å². The second-order valence-corrected chi connectivity index (χ2v) is 15.6. The summed E-state index contributed by atoms with van der Waals surface area (Å²) >= 11 is 0. The van der Waals surface area contributed by atoms with Crippen molar-refractivity contribution in [3.8, 4) is 34.1 Å². The van der Waals surface area contributed by atoms with Gasteiger partial charge in [0, 0.05) is 28.8 Å². The van der Waals surface area contributed by atoms with E-state index in [1.807, 2.05) is 12.1 Å². The molecule has 0 aliphatic carbocycles. The van der Waals surface area contributed by atoms with Crippen molar-refractivity contribution in [3.63, 3.8) is 0 Å². The molecule has 4 nitrogen and oxygen atoms in total. The smallest absolute Gasteiger partial charge is 0.194 e. The van der Waals surface area contributed by atoms with Gasteiger partial charge >= 0.3 is 0 Å². The molecule has 3 aromatic rings. The highest BCUT2D eigenvalue weighted by Gasteiger charge is 2.21. The van der Waals surface area contributed by atoms with Crippen LogP contribution < -0.4 is 19.2 Å². The van der Waals surface area contributed by atoms with Crippen LogP contribution in [0.25, 0.3) is 11.1 Å². The molecule has 0 heterocycles. The predicted molar refractivity (Wildman–Crippen MR) is 229 cm³/mol. The van der Waals surface area contributed by atoms with Gasteiger partial charge in [-0.1, -0.05) is 156 Å². The Morgan fingerprint density at radius 3 is 1.10 bits per heavy atom. The normalized spacial score (nSPS) is 11.0. The minimum Gasteiger partial charge on any atom is -0.493 e. The zero-order valence-electron chi connectivity index (χ0n) is 36.5.